The van der Waals surface area contributed by atoms with Crippen LogP contribution in [0, 0.1) is 15.9 Å². The van der Waals surface area contributed by atoms with Gasteiger partial charge in [0.15, 0.2) is 0 Å². The van der Waals surface area contributed by atoms with Crippen LogP contribution in [0.1, 0.15) is 6.92 Å². The van der Waals surface area contributed by atoms with Crippen molar-refractivity contribution in [2.24, 2.45) is 0 Å². The van der Waals surface area contributed by atoms with Crippen molar-refractivity contribution in [1.29, 1.82) is 0 Å². The van der Waals surface area contributed by atoms with Gasteiger partial charge in [-0.05, 0) is 25.1 Å². The van der Waals surface area contributed by atoms with Crippen molar-refractivity contribution in [2.45, 2.75) is 13.5 Å². The van der Waals surface area contributed by atoms with E-state index in [1.54, 1.807) is 35.3 Å². The quantitative estimate of drug-likeness (QED) is 0.441. The van der Waals surface area contributed by atoms with Gasteiger partial charge in [-0.25, -0.2) is 9.37 Å². The summed E-state index contributed by atoms with van der Waals surface area (Å²) in [6, 6.07) is 7.84. The van der Waals surface area contributed by atoms with Gasteiger partial charge in [-0.3, -0.25) is 14.8 Å². The number of non-ortho nitro benzene ring substituents is 1. The Morgan fingerprint density at radius 3 is 2.73 bits per heavy atom. The van der Waals surface area contributed by atoms with Gasteiger partial charge in [-0.2, -0.15) is 5.10 Å². The minimum absolute atomic E-state index is 0.00617. The van der Waals surface area contributed by atoms with E-state index in [2.05, 4.69) is 15.1 Å². The van der Waals surface area contributed by atoms with E-state index >= 15 is 0 Å². The molecule has 4 rings (SSSR count). The highest BCUT2D eigenvalue weighted by atomic mass is 19.1. The molecule has 0 aliphatic carbocycles. The third-order valence-electron chi connectivity index (χ3n) is 4.25. The number of halogens is 1. The second-order valence-electron chi connectivity index (χ2n) is 5.77. The van der Waals surface area contributed by atoms with Crippen LogP contribution in [0.15, 0.2) is 48.9 Å². The molecular formula is C18H14FN5O2. The Hall–Kier alpha value is -3.55. The smallest absolute Gasteiger partial charge is 0.269 e. The van der Waals surface area contributed by atoms with Crippen LogP contribution < -0.4 is 0 Å². The number of nitrogens with zero attached hydrogens (tertiary/aromatic N) is 4. The highest BCUT2D eigenvalue weighted by molar-refractivity contribution is 5.97. The Bertz CT molecular complexity index is 1110. The summed E-state index contributed by atoms with van der Waals surface area (Å²) in [4.78, 5) is 17.4. The van der Waals surface area contributed by atoms with Crippen LogP contribution in [-0.2, 0) is 6.54 Å². The molecule has 0 unspecified atom stereocenters. The lowest BCUT2D eigenvalue weighted by Crippen LogP contribution is -1.94. The summed E-state index contributed by atoms with van der Waals surface area (Å²) in [5, 5.41) is 16.1. The molecule has 0 aliphatic heterocycles. The summed E-state index contributed by atoms with van der Waals surface area (Å²) >= 11 is 0. The van der Waals surface area contributed by atoms with Gasteiger partial charge in [0.2, 0.25) is 0 Å². The third kappa shape index (κ3) is 2.52. The predicted octanol–water partition coefficient (Wildman–Crippen LogP) is 4.16. The number of aromatic amines is 1. The second kappa shape index (κ2) is 6.07. The summed E-state index contributed by atoms with van der Waals surface area (Å²) in [6.45, 7) is 2.55. The number of nitro groups is 1. The van der Waals surface area contributed by atoms with Crippen molar-refractivity contribution in [3.05, 3.63) is 64.9 Å². The van der Waals surface area contributed by atoms with Crippen LogP contribution >= 0.6 is 0 Å². The van der Waals surface area contributed by atoms with Crippen LogP contribution in [0.2, 0.25) is 0 Å². The first-order chi connectivity index (χ1) is 12.6. The molecule has 0 aliphatic rings. The maximum Gasteiger partial charge on any atom is 0.269 e. The minimum atomic E-state index is -0.457. The van der Waals surface area contributed by atoms with Gasteiger partial charge in [0, 0.05) is 53.1 Å². The lowest BCUT2D eigenvalue weighted by molar-refractivity contribution is -0.384. The summed E-state index contributed by atoms with van der Waals surface area (Å²) in [5.74, 6) is -0.448. The number of H-pyrrole nitrogens is 1. The van der Waals surface area contributed by atoms with Crippen molar-refractivity contribution in [3.8, 4) is 22.4 Å². The molecular weight excluding hydrogens is 337 g/mol. The molecule has 0 radical (unpaired) electrons. The first-order valence-electron chi connectivity index (χ1n) is 8.02. The molecule has 0 bridgehead atoms. The number of pyridine rings is 1. The number of aromatic nitrogens is 4. The fraction of sp³-hybridized carbons (Fsp3) is 0.111. The summed E-state index contributed by atoms with van der Waals surface area (Å²) in [7, 11) is 0. The Morgan fingerprint density at radius 2 is 2.04 bits per heavy atom. The van der Waals surface area contributed by atoms with Gasteiger partial charge in [-0.15, -0.1) is 0 Å². The molecule has 8 heteroatoms. The van der Waals surface area contributed by atoms with E-state index in [0.29, 0.717) is 40.0 Å². The number of rotatable bonds is 4. The van der Waals surface area contributed by atoms with E-state index in [1.165, 1.54) is 18.3 Å². The van der Waals surface area contributed by atoms with Crippen molar-refractivity contribution in [3.63, 3.8) is 0 Å². The molecule has 4 aromatic rings. The normalized spacial score (nSPS) is 11.2. The molecule has 0 saturated carbocycles. The molecule has 26 heavy (non-hydrogen) atoms. The first kappa shape index (κ1) is 15.9. The van der Waals surface area contributed by atoms with E-state index in [0.717, 1.165) is 0 Å². The number of aryl methyl sites for hydroxylation is 1. The highest BCUT2D eigenvalue weighted by Crippen LogP contribution is 2.36. The molecule has 1 aromatic carbocycles. The average molecular weight is 351 g/mol. The fourth-order valence-corrected chi connectivity index (χ4v) is 2.98. The largest absolute Gasteiger partial charge is 0.346 e. The molecule has 3 aromatic heterocycles. The first-order valence-corrected chi connectivity index (χ1v) is 8.02. The molecule has 0 amide bonds. The molecule has 0 spiro atoms. The Balaban J connectivity index is 1.95. The molecule has 3 heterocycles. The molecule has 0 saturated heterocycles. The van der Waals surface area contributed by atoms with Crippen molar-refractivity contribution in [2.75, 3.05) is 0 Å². The predicted molar refractivity (Wildman–Crippen MR) is 95.0 cm³/mol. The van der Waals surface area contributed by atoms with E-state index < -0.39 is 10.7 Å². The van der Waals surface area contributed by atoms with Crippen LogP contribution in [0.3, 0.4) is 0 Å². The van der Waals surface area contributed by atoms with Gasteiger partial charge in [-0.1, -0.05) is 0 Å². The Morgan fingerprint density at radius 1 is 1.27 bits per heavy atom. The number of benzene rings is 1. The van der Waals surface area contributed by atoms with Gasteiger partial charge in [0.05, 0.1) is 11.1 Å². The van der Waals surface area contributed by atoms with E-state index in [-0.39, 0.29) is 5.69 Å². The summed E-state index contributed by atoms with van der Waals surface area (Å²) in [5.41, 5.74) is 2.84. The van der Waals surface area contributed by atoms with Crippen LogP contribution in [0.25, 0.3) is 33.4 Å². The van der Waals surface area contributed by atoms with Crippen LogP contribution in [0.4, 0.5) is 10.1 Å². The maximum absolute atomic E-state index is 14.7. The molecule has 0 fully saturated rings. The standard InChI is InChI=1S/C18H14FN5O2/c1-2-23-10-14(16-13-7-8-20-18(13)21-9-15(16)19)17(22-23)11-3-5-12(6-4-11)24(25)26/h3-10H,2H2,1H3,(H,20,21). The highest BCUT2D eigenvalue weighted by Gasteiger charge is 2.20. The zero-order valence-corrected chi connectivity index (χ0v) is 13.8. The molecule has 1 N–H and O–H groups in total. The number of hydrogen-bond acceptors (Lipinski definition) is 4. The van der Waals surface area contributed by atoms with Crippen molar-refractivity contribution in [1.82, 2.24) is 19.7 Å². The maximum atomic E-state index is 14.7. The van der Waals surface area contributed by atoms with Crippen molar-refractivity contribution < 1.29 is 9.31 Å². The van der Waals surface area contributed by atoms with Crippen LogP contribution in [-0.4, -0.2) is 24.7 Å². The van der Waals surface area contributed by atoms with E-state index in [1.807, 2.05) is 6.92 Å². The minimum Gasteiger partial charge on any atom is -0.346 e. The second-order valence-corrected chi connectivity index (χ2v) is 5.77. The molecule has 130 valence electrons. The lowest BCUT2D eigenvalue weighted by atomic mass is 10.00. The van der Waals surface area contributed by atoms with E-state index in [9.17, 15) is 14.5 Å². The topological polar surface area (TPSA) is 89.6 Å². The summed E-state index contributed by atoms with van der Waals surface area (Å²) in [6.07, 6.45) is 4.66. The number of hydrogen-bond donors (Lipinski definition) is 1. The zero-order valence-electron chi connectivity index (χ0n) is 13.8. The van der Waals surface area contributed by atoms with E-state index in [4.69, 9.17) is 0 Å². The van der Waals surface area contributed by atoms with Gasteiger partial charge in [0.25, 0.3) is 5.69 Å². The lowest BCUT2D eigenvalue weighted by Gasteiger charge is -2.06. The number of nitro benzene ring substituents is 1. The SMILES string of the molecule is CCn1cc(-c2c(F)cnc3[nH]ccc23)c(-c2ccc([N+](=O)[O-])cc2)n1. The number of fused-ring (bicyclic) bond motifs is 1. The zero-order chi connectivity index (χ0) is 18.3. The third-order valence-corrected chi connectivity index (χ3v) is 4.25. The Labute approximate surface area is 147 Å². The molecule has 7 nitrogen and oxygen atoms in total. The number of nitrogens with one attached hydrogen (secondary N) is 1. The van der Waals surface area contributed by atoms with Crippen molar-refractivity contribution >= 4 is 16.7 Å². The van der Waals surface area contributed by atoms with Gasteiger partial charge < -0.3 is 4.98 Å². The van der Waals surface area contributed by atoms with Gasteiger partial charge >= 0.3 is 0 Å². The average Bonchev–Trinajstić information content (AvgIpc) is 3.28. The Kier molecular flexibility index (Phi) is 3.72. The monoisotopic (exact) mass is 351 g/mol. The van der Waals surface area contributed by atoms with Gasteiger partial charge in [0.1, 0.15) is 17.2 Å². The fourth-order valence-electron chi connectivity index (χ4n) is 2.98. The van der Waals surface area contributed by atoms with Crippen LogP contribution in [0.5, 0.6) is 0 Å². The molecule has 0 atom stereocenters. The summed E-state index contributed by atoms with van der Waals surface area (Å²) < 4.78 is 16.4.